The van der Waals surface area contributed by atoms with Gasteiger partial charge in [0.1, 0.15) is 0 Å². The summed E-state index contributed by atoms with van der Waals surface area (Å²) in [7, 11) is 1.70. The molecule has 0 spiro atoms. The Morgan fingerprint density at radius 3 is 2.33 bits per heavy atom. The fraction of sp³-hybridized carbons (Fsp3) is 0.867. The number of nitrogens with zero attached hydrogens (tertiary/aromatic N) is 2. The van der Waals surface area contributed by atoms with E-state index in [0.717, 1.165) is 58.5 Å². The Kier molecular flexibility index (Phi) is 5.85. The first-order chi connectivity index (χ1) is 10.1. The number of rotatable bonds is 5. The van der Waals surface area contributed by atoms with Gasteiger partial charge in [-0.2, -0.15) is 0 Å². The molecule has 0 saturated carbocycles. The molecule has 120 valence electrons. The molecule has 2 heterocycles. The maximum absolute atomic E-state index is 12.4. The first-order valence-electron chi connectivity index (χ1n) is 7.84. The number of carbonyl (C=O) groups is 2. The quantitative estimate of drug-likeness (QED) is 0.838. The third-order valence-electron chi connectivity index (χ3n) is 4.61. The molecule has 1 unspecified atom stereocenters. The zero-order chi connectivity index (χ0) is 15.2. The molecule has 0 aliphatic carbocycles. The number of urea groups is 1. The zero-order valence-electron chi connectivity index (χ0n) is 12.8. The highest BCUT2D eigenvalue weighted by molar-refractivity contribution is 5.74. The van der Waals surface area contributed by atoms with Gasteiger partial charge in [0.25, 0.3) is 0 Å². The summed E-state index contributed by atoms with van der Waals surface area (Å²) in [6, 6.07) is 0.144. The third-order valence-corrected chi connectivity index (χ3v) is 4.61. The maximum Gasteiger partial charge on any atom is 0.320 e. The van der Waals surface area contributed by atoms with Gasteiger partial charge >= 0.3 is 12.0 Å². The van der Waals surface area contributed by atoms with Crippen molar-refractivity contribution in [2.75, 3.05) is 39.9 Å². The maximum atomic E-state index is 12.4. The summed E-state index contributed by atoms with van der Waals surface area (Å²) in [6.07, 6.45) is 3.85. The minimum absolute atomic E-state index is 0.144. The summed E-state index contributed by atoms with van der Waals surface area (Å²) in [5.41, 5.74) is 0. The Balaban J connectivity index is 1.72. The summed E-state index contributed by atoms with van der Waals surface area (Å²) in [5, 5.41) is 8.72. The van der Waals surface area contributed by atoms with E-state index in [1.807, 2.05) is 9.80 Å². The van der Waals surface area contributed by atoms with Crippen molar-refractivity contribution >= 4 is 12.0 Å². The van der Waals surface area contributed by atoms with Crippen LogP contribution in [0.25, 0.3) is 0 Å². The van der Waals surface area contributed by atoms with E-state index in [4.69, 9.17) is 9.84 Å². The van der Waals surface area contributed by atoms with Gasteiger partial charge in [0.15, 0.2) is 0 Å². The van der Waals surface area contributed by atoms with Crippen molar-refractivity contribution in [1.82, 2.24) is 9.80 Å². The van der Waals surface area contributed by atoms with Crippen LogP contribution in [-0.4, -0.2) is 66.8 Å². The minimum atomic E-state index is -0.727. The highest BCUT2D eigenvalue weighted by Crippen LogP contribution is 2.24. The lowest BCUT2D eigenvalue weighted by Crippen LogP contribution is -2.46. The lowest BCUT2D eigenvalue weighted by atomic mass is 9.92. The number of piperidine rings is 1. The van der Waals surface area contributed by atoms with Crippen LogP contribution in [0.4, 0.5) is 4.79 Å². The molecule has 6 nitrogen and oxygen atoms in total. The summed E-state index contributed by atoms with van der Waals surface area (Å²) in [6.45, 7) is 3.86. The van der Waals surface area contributed by atoms with Crippen LogP contribution in [0.1, 0.15) is 32.1 Å². The van der Waals surface area contributed by atoms with Gasteiger partial charge in [-0.05, 0) is 31.6 Å². The molecule has 0 aromatic carbocycles. The van der Waals surface area contributed by atoms with Gasteiger partial charge < -0.3 is 19.6 Å². The van der Waals surface area contributed by atoms with Crippen molar-refractivity contribution in [2.24, 2.45) is 11.8 Å². The van der Waals surface area contributed by atoms with Crippen LogP contribution in [0.5, 0.6) is 0 Å². The van der Waals surface area contributed by atoms with Gasteiger partial charge in [0.2, 0.25) is 0 Å². The van der Waals surface area contributed by atoms with Crippen LogP contribution in [0.3, 0.4) is 0 Å². The van der Waals surface area contributed by atoms with E-state index in [1.54, 1.807) is 7.11 Å². The molecule has 0 bridgehead atoms. The van der Waals surface area contributed by atoms with E-state index in [0.29, 0.717) is 11.8 Å². The Morgan fingerprint density at radius 1 is 1.10 bits per heavy atom. The molecule has 1 atom stereocenters. The summed E-state index contributed by atoms with van der Waals surface area (Å²) >= 11 is 0. The monoisotopic (exact) mass is 298 g/mol. The molecule has 2 rings (SSSR count). The van der Waals surface area contributed by atoms with Gasteiger partial charge in [0, 0.05) is 45.6 Å². The number of aliphatic carboxylic acids is 1. The van der Waals surface area contributed by atoms with E-state index in [2.05, 4.69) is 0 Å². The normalized spacial score (nSPS) is 23.6. The van der Waals surface area contributed by atoms with Crippen molar-refractivity contribution in [2.45, 2.75) is 32.1 Å². The third kappa shape index (κ3) is 4.59. The van der Waals surface area contributed by atoms with E-state index in [1.165, 1.54) is 0 Å². The molecular weight excluding hydrogens is 272 g/mol. The van der Waals surface area contributed by atoms with Crippen LogP contribution in [-0.2, 0) is 9.53 Å². The molecule has 21 heavy (non-hydrogen) atoms. The number of carbonyl (C=O) groups excluding carboxylic acids is 1. The molecule has 2 fully saturated rings. The Morgan fingerprint density at radius 2 is 1.71 bits per heavy atom. The highest BCUT2D eigenvalue weighted by atomic mass is 16.5. The van der Waals surface area contributed by atoms with E-state index in [9.17, 15) is 9.59 Å². The van der Waals surface area contributed by atoms with Crippen molar-refractivity contribution in [3.8, 4) is 0 Å². The van der Waals surface area contributed by atoms with Crippen molar-refractivity contribution in [1.29, 1.82) is 0 Å². The number of amides is 2. The lowest BCUT2D eigenvalue weighted by molar-refractivity contribution is -0.137. The minimum Gasteiger partial charge on any atom is -0.481 e. The summed E-state index contributed by atoms with van der Waals surface area (Å²) in [5.74, 6) is 0.187. The summed E-state index contributed by atoms with van der Waals surface area (Å²) < 4.78 is 5.16. The second-order valence-corrected chi connectivity index (χ2v) is 6.20. The molecule has 0 aromatic heterocycles. The largest absolute Gasteiger partial charge is 0.481 e. The van der Waals surface area contributed by atoms with Crippen LogP contribution >= 0.6 is 0 Å². The van der Waals surface area contributed by atoms with Crippen molar-refractivity contribution in [3.05, 3.63) is 0 Å². The fourth-order valence-corrected chi connectivity index (χ4v) is 3.32. The van der Waals surface area contributed by atoms with Crippen LogP contribution < -0.4 is 0 Å². The Bertz CT molecular complexity index is 367. The molecule has 6 heteroatoms. The van der Waals surface area contributed by atoms with Crippen molar-refractivity contribution in [3.63, 3.8) is 0 Å². The van der Waals surface area contributed by atoms with E-state index in [-0.39, 0.29) is 12.5 Å². The average Bonchev–Trinajstić information content (AvgIpc) is 2.94. The highest BCUT2D eigenvalue weighted by Gasteiger charge is 2.31. The van der Waals surface area contributed by atoms with Gasteiger partial charge in [0.05, 0.1) is 6.61 Å². The number of carboxylic acid groups (broad SMARTS) is 1. The second kappa shape index (κ2) is 7.64. The lowest BCUT2D eigenvalue weighted by Gasteiger charge is -2.34. The van der Waals surface area contributed by atoms with Gasteiger partial charge in [-0.1, -0.05) is 0 Å². The predicted molar refractivity (Wildman–Crippen MR) is 78.1 cm³/mol. The first kappa shape index (κ1) is 16.1. The van der Waals surface area contributed by atoms with Gasteiger partial charge in [-0.3, -0.25) is 4.79 Å². The number of methoxy groups -OCH3 is 1. The molecule has 0 radical (unpaired) electrons. The van der Waals surface area contributed by atoms with Crippen LogP contribution in [0, 0.1) is 11.8 Å². The predicted octanol–water partition coefficient (Wildman–Crippen LogP) is 1.65. The van der Waals surface area contributed by atoms with E-state index < -0.39 is 5.97 Å². The SMILES string of the molecule is COCC1CCN(C(=O)N2CCC(CCC(=O)O)CC2)C1. The number of ether oxygens (including phenoxy) is 1. The average molecular weight is 298 g/mol. The smallest absolute Gasteiger partial charge is 0.320 e. The molecular formula is C15H26N2O4. The van der Waals surface area contributed by atoms with Gasteiger partial charge in [-0.25, -0.2) is 4.79 Å². The molecule has 1 N–H and O–H groups in total. The van der Waals surface area contributed by atoms with Crippen LogP contribution in [0.15, 0.2) is 0 Å². The number of hydrogen-bond donors (Lipinski definition) is 1. The zero-order valence-corrected chi connectivity index (χ0v) is 12.8. The molecule has 2 aliphatic heterocycles. The second-order valence-electron chi connectivity index (χ2n) is 6.20. The molecule has 2 amide bonds. The fourth-order valence-electron chi connectivity index (χ4n) is 3.32. The number of carboxylic acids is 1. The van der Waals surface area contributed by atoms with Crippen molar-refractivity contribution < 1.29 is 19.4 Å². The standard InChI is InChI=1S/C15H26N2O4/c1-21-11-13-6-9-17(10-13)15(20)16-7-4-12(5-8-16)2-3-14(18)19/h12-13H,2-11H2,1H3,(H,18,19). The number of likely N-dealkylation sites (tertiary alicyclic amines) is 2. The Labute approximate surface area is 126 Å². The molecule has 2 aliphatic rings. The van der Waals surface area contributed by atoms with Crippen LogP contribution in [0.2, 0.25) is 0 Å². The number of hydrogen-bond acceptors (Lipinski definition) is 3. The molecule has 2 saturated heterocycles. The first-order valence-corrected chi connectivity index (χ1v) is 7.84. The van der Waals surface area contributed by atoms with Gasteiger partial charge in [-0.15, -0.1) is 0 Å². The van der Waals surface area contributed by atoms with E-state index >= 15 is 0 Å². The topological polar surface area (TPSA) is 70.1 Å². The Hall–Kier alpha value is -1.30. The molecule has 0 aromatic rings. The summed E-state index contributed by atoms with van der Waals surface area (Å²) in [4.78, 5) is 26.9.